The molecule has 6 nitrogen and oxygen atoms in total. The van der Waals surface area contributed by atoms with E-state index in [0.717, 1.165) is 18.0 Å². The molecule has 1 unspecified atom stereocenters. The second-order valence-electron chi connectivity index (χ2n) is 5.69. The lowest BCUT2D eigenvalue weighted by Gasteiger charge is -2.29. The van der Waals surface area contributed by atoms with Gasteiger partial charge in [0.2, 0.25) is 0 Å². The van der Waals surface area contributed by atoms with Gasteiger partial charge in [0.25, 0.3) is 0 Å². The molecule has 1 fully saturated rings. The number of thiazole rings is 1. The van der Waals surface area contributed by atoms with Crippen molar-refractivity contribution in [1.82, 2.24) is 9.88 Å². The number of rotatable bonds is 5. The fourth-order valence-electron chi connectivity index (χ4n) is 2.58. The lowest BCUT2D eigenvalue weighted by atomic mass is 9.98. The maximum absolute atomic E-state index is 11.3. The van der Waals surface area contributed by atoms with E-state index in [-0.39, 0.29) is 11.8 Å². The quantitative estimate of drug-likeness (QED) is 0.866. The zero-order valence-corrected chi connectivity index (χ0v) is 13.0. The first kappa shape index (κ1) is 15.9. The number of likely N-dealkylation sites (tertiary alicyclic amines) is 1. The molecule has 1 saturated heterocycles. The summed E-state index contributed by atoms with van der Waals surface area (Å²) in [5.74, 6) is -1.96. The van der Waals surface area contributed by atoms with Gasteiger partial charge in [0.15, 0.2) is 0 Å². The number of aromatic nitrogens is 1. The third kappa shape index (κ3) is 3.79. The molecule has 0 radical (unpaired) electrons. The monoisotopic (exact) mass is 312 g/mol. The summed E-state index contributed by atoms with van der Waals surface area (Å²) in [6, 6.07) is 0. The van der Waals surface area contributed by atoms with Gasteiger partial charge in [0.1, 0.15) is 9.88 Å². The van der Waals surface area contributed by atoms with Crippen LogP contribution in [0, 0.1) is 5.92 Å². The van der Waals surface area contributed by atoms with Gasteiger partial charge in [-0.05, 0) is 25.3 Å². The summed E-state index contributed by atoms with van der Waals surface area (Å²) in [6.07, 6.45) is 1.56. The standard InChI is InChI=1S/C14H20N2O4S/c1-8(2)11-12(14(19)20)21-10(15-11)7-16-5-3-4-9(6-16)13(17)18/h8-9H,3-7H2,1-2H3,(H,17,18)(H,19,20). The third-order valence-corrected chi connectivity index (χ3v) is 4.70. The Morgan fingerprint density at radius 1 is 1.43 bits per heavy atom. The zero-order chi connectivity index (χ0) is 15.6. The Kier molecular flexibility index (Phi) is 4.95. The van der Waals surface area contributed by atoms with E-state index in [1.807, 2.05) is 13.8 Å². The molecular weight excluding hydrogens is 292 g/mol. The number of nitrogens with zero attached hydrogens (tertiary/aromatic N) is 2. The summed E-state index contributed by atoms with van der Waals surface area (Å²) in [5, 5.41) is 19.1. The smallest absolute Gasteiger partial charge is 0.347 e. The van der Waals surface area contributed by atoms with Crippen LogP contribution in [0.2, 0.25) is 0 Å². The average molecular weight is 312 g/mol. The van der Waals surface area contributed by atoms with E-state index in [2.05, 4.69) is 9.88 Å². The van der Waals surface area contributed by atoms with Gasteiger partial charge in [-0.3, -0.25) is 9.69 Å². The highest BCUT2D eigenvalue weighted by Crippen LogP contribution is 2.27. The van der Waals surface area contributed by atoms with Crippen molar-refractivity contribution in [3.05, 3.63) is 15.6 Å². The van der Waals surface area contributed by atoms with E-state index in [0.29, 0.717) is 30.1 Å². The Labute approximate surface area is 127 Å². The average Bonchev–Trinajstić information content (AvgIpc) is 2.83. The molecule has 0 aliphatic carbocycles. The number of carboxylic acids is 2. The van der Waals surface area contributed by atoms with Crippen LogP contribution in [0.1, 0.15) is 53.0 Å². The molecule has 0 spiro atoms. The van der Waals surface area contributed by atoms with E-state index >= 15 is 0 Å². The lowest BCUT2D eigenvalue weighted by Crippen LogP contribution is -2.38. The molecule has 2 heterocycles. The molecule has 1 aromatic rings. The minimum absolute atomic E-state index is 0.0641. The number of hydrogen-bond acceptors (Lipinski definition) is 5. The second-order valence-corrected chi connectivity index (χ2v) is 6.78. The highest BCUT2D eigenvalue weighted by Gasteiger charge is 2.27. The number of aliphatic carboxylic acids is 1. The maximum atomic E-state index is 11.3. The van der Waals surface area contributed by atoms with E-state index in [1.54, 1.807) is 0 Å². The Hall–Kier alpha value is -1.47. The SMILES string of the molecule is CC(C)c1nc(CN2CCCC(C(=O)O)C2)sc1C(=O)O. The number of carbonyl (C=O) groups is 2. The highest BCUT2D eigenvalue weighted by atomic mass is 32.1. The van der Waals surface area contributed by atoms with Crippen LogP contribution in [0.15, 0.2) is 0 Å². The first-order valence-corrected chi connectivity index (χ1v) is 7.88. The van der Waals surface area contributed by atoms with E-state index in [1.165, 1.54) is 11.3 Å². The van der Waals surface area contributed by atoms with Crippen LogP contribution in [0.25, 0.3) is 0 Å². The van der Waals surface area contributed by atoms with Gasteiger partial charge in [-0.1, -0.05) is 13.8 Å². The minimum atomic E-state index is -0.940. The van der Waals surface area contributed by atoms with E-state index in [9.17, 15) is 14.7 Å². The molecule has 21 heavy (non-hydrogen) atoms. The van der Waals surface area contributed by atoms with Gasteiger partial charge in [-0.15, -0.1) is 11.3 Å². The molecule has 2 rings (SSSR count). The predicted octanol–water partition coefficient (Wildman–Crippen LogP) is 2.26. The van der Waals surface area contributed by atoms with Gasteiger partial charge in [-0.2, -0.15) is 0 Å². The number of hydrogen-bond donors (Lipinski definition) is 2. The van der Waals surface area contributed by atoms with Crippen LogP contribution >= 0.6 is 11.3 Å². The molecule has 0 aromatic carbocycles. The van der Waals surface area contributed by atoms with Crippen LogP contribution in [0.5, 0.6) is 0 Å². The van der Waals surface area contributed by atoms with Crippen molar-refractivity contribution in [3.63, 3.8) is 0 Å². The molecule has 7 heteroatoms. The zero-order valence-electron chi connectivity index (χ0n) is 12.2. The molecule has 0 bridgehead atoms. The highest BCUT2D eigenvalue weighted by molar-refractivity contribution is 7.13. The van der Waals surface area contributed by atoms with Gasteiger partial charge < -0.3 is 10.2 Å². The minimum Gasteiger partial charge on any atom is -0.481 e. The van der Waals surface area contributed by atoms with Crippen molar-refractivity contribution in [2.24, 2.45) is 5.92 Å². The van der Waals surface area contributed by atoms with Crippen molar-refractivity contribution >= 4 is 23.3 Å². The topological polar surface area (TPSA) is 90.7 Å². The van der Waals surface area contributed by atoms with Crippen LogP contribution in [0.3, 0.4) is 0 Å². The van der Waals surface area contributed by atoms with Crippen molar-refractivity contribution < 1.29 is 19.8 Å². The number of aromatic carboxylic acids is 1. The molecule has 1 aliphatic rings. The predicted molar refractivity (Wildman–Crippen MR) is 78.8 cm³/mol. The molecule has 116 valence electrons. The summed E-state index contributed by atoms with van der Waals surface area (Å²) in [6.45, 7) is 5.72. The first-order chi connectivity index (χ1) is 9.88. The number of carboxylic acid groups (broad SMARTS) is 2. The largest absolute Gasteiger partial charge is 0.481 e. The number of piperidine rings is 1. The Morgan fingerprint density at radius 3 is 2.67 bits per heavy atom. The fourth-order valence-corrected chi connectivity index (χ4v) is 3.68. The summed E-state index contributed by atoms with van der Waals surface area (Å²) < 4.78 is 0. The summed E-state index contributed by atoms with van der Waals surface area (Å²) >= 11 is 1.20. The maximum Gasteiger partial charge on any atom is 0.347 e. The first-order valence-electron chi connectivity index (χ1n) is 7.06. The normalized spacial score (nSPS) is 19.9. The van der Waals surface area contributed by atoms with Crippen LogP contribution in [-0.2, 0) is 11.3 Å². The molecule has 2 N–H and O–H groups in total. The molecule has 1 aromatic heterocycles. The Balaban J connectivity index is 2.11. The second kappa shape index (κ2) is 6.53. The van der Waals surface area contributed by atoms with Gasteiger partial charge >= 0.3 is 11.9 Å². The van der Waals surface area contributed by atoms with Crippen molar-refractivity contribution in [1.29, 1.82) is 0 Å². The van der Waals surface area contributed by atoms with Crippen molar-refractivity contribution in [3.8, 4) is 0 Å². The molecular formula is C14H20N2O4S. The van der Waals surface area contributed by atoms with E-state index in [4.69, 9.17) is 5.11 Å². The van der Waals surface area contributed by atoms with Gasteiger partial charge in [0.05, 0.1) is 18.2 Å². The Bertz CT molecular complexity index is 541. The van der Waals surface area contributed by atoms with E-state index < -0.39 is 11.9 Å². The lowest BCUT2D eigenvalue weighted by molar-refractivity contribution is -0.143. The summed E-state index contributed by atoms with van der Waals surface area (Å²) in [4.78, 5) is 29.1. The van der Waals surface area contributed by atoms with Gasteiger partial charge in [0, 0.05) is 6.54 Å². The molecule has 0 amide bonds. The summed E-state index contributed by atoms with van der Waals surface area (Å²) in [7, 11) is 0. The van der Waals surface area contributed by atoms with Crippen LogP contribution in [-0.4, -0.2) is 45.1 Å². The molecule has 1 atom stereocenters. The van der Waals surface area contributed by atoms with Crippen LogP contribution < -0.4 is 0 Å². The summed E-state index contributed by atoms with van der Waals surface area (Å²) in [5.41, 5.74) is 0.620. The molecule has 0 saturated carbocycles. The molecule has 1 aliphatic heterocycles. The third-order valence-electron chi connectivity index (χ3n) is 3.65. The van der Waals surface area contributed by atoms with Crippen molar-refractivity contribution in [2.75, 3.05) is 13.1 Å². The van der Waals surface area contributed by atoms with Crippen molar-refractivity contribution in [2.45, 2.75) is 39.2 Å². The van der Waals surface area contributed by atoms with Crippen LogP contribution in [0.4, 0.5) is 0 Å². The fraction of sp³-hybridized carbons (Fsp3) is 0.643. The Morgan fingerprint density at radius 2 is 2.14 bits per heavy atom. The van der Waals surface area contributed by atoms with Gasteiger partial charge in [-0.25, -0.2) is 9.78 Å².